The zero-order chi connectivity index (χ0) is 13.8. The van der Waals surface area contributed by atoms with Crippen molar-refractivity contribution in [1.82, 2.24) is 0 Å². The van der Waals surface area contributed by atoms with Crippen molar-refractivity contribution in [3.63, 3.8) is 0 Å². The summed E-state index contributed by atoms with van der Waals surface area (Å²) >= 11 is 0. The summed E-state index contributed by atoms with van der Waals surface area (Å²) in [4.78, 5) is 14.0. The van der Waals surface area contributed by atoms with Gasteiger partial charge in [0.15, 0.2) is 0 Å². The van der Waals surface area contributed by atoms with E-state index in [9.17, 15) is 4.79 Å². The van der Waals surface area contributed by atoms with Gasteiger partial charge >= 0.3 is 0 Å². The Morgan fingerprint density at radius 3 is 2.42 bits per heavy atom. The fourth-order valence-corrected chi connectivity index (χ4v) is 1.89. The molecule has 0 unspecified atom stereocenters. The molecule has 0 heterocycles. The molecule has 4 nitrogen and oxygen atoms in total. The highest BCUT2D eigenvalue weighted by Gasteiger charge is 2.18. The van der Waals surface area contributed by atoms with E-state index in [4.69, 9.17) is 10.5 Å². The van der Waals surface area contributed by atoms with Gasteiger partial charge in [-0.15, -0.1) is 0 Å². The van der Waals surface area contributed by atoms with Gasteiger partial charge in [0, 0.05) is 12.7 Å². The van der Waals surface area contributed by atoms with Crippen LogP contribution in [0.2, 0.25) is 0 Å². The molecular formula is C15H16N2O2. The first-order valence-corrected chi connectivity index (χ1v) is 5.90. The normalized spacial score (nSPS) is 10.0. The minimum absolute atomic E-state index is 0.164. The highest BCUT2D eigenvalue weighted by Crippen LogP contribution is 2.28. The lowest BCUT2D eigenvalue weighted by molar-refractivity contribution is 0.0993. The van der Waals surface area contributed by atoms with Crippen LogP contribution in [0.15, 0.2) is 48.5 Å². The summed E-state index contributed by atoms with van der Waals surface area (Å²) in [7, 11) is 3.28. The highest BCUT2D eigenvalue weighted by atomic mass is 16.5. The van der Waals surface area contributed by atoms with E-state index in [1.165, 1.54) is 4.90 Å². The number of benzene rings is 2. The Kier molecular flexibility index (Phi) is 3.71. The van der Waals surface area contributed by atoms with Gasteiger partial charge in [0.25, 0.3) is 5.91 Å². The van der Waals surface area contributed by atoms with E-state index >= 15 is 0 Å². The van der Waals surface area contributed by atoms with Crippen molar-refractivity contribution in [3.8, 4) is 5.75 Å². The van der Waals surface area contributed by atoms with Crippen LogP contribution in [0.4, 0.5) is 11.4 Å². The molecule has 0 atom stereocenters. The Morgan fingerprint density at radius 1 is 1.11 bits per heavy atom. The molecule has 0 spiro atoms. The maximum absolute atomic E-state index is 12.4. The third kappa shape index (κ3) is 2.52. The Morgan fingerprint density at radius 2 is 1.74 bits per heavy atom. The number of nitrogens with two attached hydrogens (primary N) is 1. The molecule has 2 rings (SSSR count). The molecule has 0 saturated carbocycles. The van der Waals surface area contributed by atoms with Crippen molar-refractivity contribution in [2.24, 2.45) is 0 Å². The Balaban J connectivity index is 2.37. The predicted molar refractivity (Wildman–Crippen MR) is 76.6 cm³/mol. The molecule has 2 aromatic carbocycles. The number of carbonyl (C=O) groups excluding carboxylic acids is 1. The summed E-state index contributed by atoms with van der Waals surface area (Å²) in [5, 5.41) is 0. The third-order valence-electron chi connectivity index (χ3n) is 2.94. The van der Waals surface area contributed by atoms with E-state index in [1.807, 2.05) is 24.3 Å². The second-order valence-corrected chi connectivity index (χ2v) is 4.12. The molecule has 0 saturated heterocycles. The molecule has 2 aromatic rings. The second kappa shape index (κ2) is 5.44. The van der Waals surface area contributed by atoms with E-state index < -0.39 is 0 Å². The van der Waals surface area contributed by atoms with Crippen LogP contribution in [0.1, 0.15) is 10.4 Å². The van der Waals surface area contributed by atoms with Gasteiger partial charge < -0.3 is 15.4 Å². The smallest absolute Gasteiger partial charge is 0.260 e. The number of nitrogen functional groups attached to an aromatic ring is 1. The van der Waals surface area contributed by atoms with Crippen molar-refractivity contribution in [3.05, 3.63) is 54.1 Å². The number of anilines is 2. The molecule has 0 radical (unpaired) electrons. The van der Waals surface area contributed by atoms with Crippen LogP contribution in [0.3, 0.4) is 0 Å². The standard InChI is InChI=1S/C15H16N2O2/c1-17(13-9-5-6-10-14(13)19-2)15(18)11-7-3-4-8-12(11)16/h3-10H,16H2,1-2H3. The summed E-state index contributed by atoms with van der Waals surface area (Å²) in [6, 6.07) is 14.4. The monoisotopic (exact) mass is 256 g/mol. The largest absolute Gasteiger partial charge is 0.495 e. The first-order chi connectivity index (χ1) is 9.15. The maximum Gasteiger partial charge on any atom is 0.260 e. The summed E-state index contributed by atoms with van der Waals surface area (Å²) in [6.07, 6.45) is 0. The van der Waals surface area contributed by atoms with Crippen molar-refractivity contribution >= 4 is 17.3 Å². The number of hydrogen-bond donors (Lipinski definition) is 1. The third-order valence-corrected chi connectivity index (χ3v) is 2.94. The van der Waals surface area contributed by atoms with Crippen molar-refractivity contribution in [1.29, 1.82) is 0 Å². The van der Waals surface area contributed by atoms with E-state index in [0.717, 1.165) is 0 Å². The zero-order valence-electron chi connectivity index (χ0n) is 11.0. The molecule has 0 bridgehead atoms. The SMILES string of the molecule is COc1ccccc1N(C)C(=O)c1ccccc1N. The van der Waals surface area contributed by atoms with E-state index in [2.05, 4.69) is 0 Å². The summed E-state index contributed by atoms with van der Waals surface area (Å²) < 4.78 is 5.26. The number of carbonyl (C=O) groups is 1. The Labute approximate surface area is 112 Å². The van der Waals surface area contributed by atoms with Crippen LogP contribution in [-0.2, 0) is 0 Å². The molecular weight excluding hydrogens is 240 g/mol. The van der Waals surface area contributed by atoms with E-state index in [0.29, 0.717) is 22.7 Å². The number of ether oxygens (including phenoxy) is 1. The van der Waals surface area contributed by atoms with Gasteiger partial charge in [0.1, 0.15) is 5.75 Å². The minimum Gasteiger partial charge on any atom is -0.495 e. The number of hydrogen-bond acceptors (Lipinski definition) is 3. The van der Waals surface area contributed by atoms with Gasteiger partial charge in [-0.25, -0.2) is 0 Å². The van der Waals surface area contributed by atoms with Crippen molar-refractivity contribution in [2.45, 2.75) is 0 Å². The molecule has 0 aromatic heterocycles. The topological polar surface area (TPSA) is 55.6 Å². The average molecular weight is 256 g/mol. The molecule has 1 amide bonds. The molecule has 0 aliphatic heterocycles. The fourth-order valence-electron chi connectivity index (χ4n) is 1.89. The van der Waals surface area contributed by atoms with Crippen molar-refractivity contribution < 1.29 is 9.53 Å². The number of para-hydroxylation sites is 3. The number of nitrogens with zero attached hydrogens (tertiary/aromatic N) is 1. The minimum atomic E-state index is -0.164. The number of rotatable bonds is 3. The first kappa shape index (κ1) is 13.0. The van der Waals surface area contributed by atoms with Crippen molar-refractivity contribution in [2.75, 3.05) is 24.8 Å². The predicted octanol–water partition coefficient (Wildman–Crippen LogP) is 2.55. The van der Waals surface area contributed by atoms with E-state index in [-0.39, 0.29) is 5.91 Å². The van der Waals surface area contributed by atoms with Crippen LogP contribution in [0.5, 0.6) is 5.75 Å². The summed E-state index contributed by atoms with van der Waals surface area (Å²) in [6.45, 7) is 0. The lowest BCUT2D eigenvalue weighted by atomic mass is 10.1. The number of amides is 1. The molecule has 0 fully saturated rings. The second-order valence-electron chi connectivity index (χ2n) is 4.12. The lowest BCUT2D eigenvalue weighted by Gasteiger charge is -2.20. The Hall–Kier alpha value is -2.49. The summed E-state index contributed by atoms with van der Waals surface area (Å²) in [5.41, 5.74) is 7.49. The Bertz CT molecular complexity index is 596. The van der Waals surface area contributed by atoms with Crippen LogP contribution in [0.25, 0.3) is 0 Å². The quantitative estimate of drug-likeness (QED) is 0.859. The molecule has 0 aliphatic rings. The molecule has 98 valence electrons. The molecule has 4 heteroatoms. The highest BCUT2D eigenvalue weighted by molar-refractivity contribution is 6.09. The van der Waals surface area contributed by atoms with Crippen LogP contribution >= 0.6 is 0 Å². The zero-order valence-corrected chi connectivity index (χ0v) is 11.0. The first-order valence-electron chi connectivity index (χ1n) is 5.90. The van der Waals surface area contributed by atoms with Crippen LogP contribution < -0.4 is 15.4 Å². The van der Waals surface area contributed by atoms with Crippen LogP contribution in [0, 0.1) is 0 Å². The van der Waals surface area contributed by atoms with Gasteiger partial charge in [-0.3, -0.25) is 4.79 Å². The maximum atomic E-state index is 12.4. The van der Waals surface area contributed by atoms with Gasteiger partial charge in [-0.1, -0.05) is 24.3 Å². The average Bonchev–Trinajstić information content (AvgIpc) is 2.46. The van der Waals surface area contributed by atoms with Crippen LogP contribution in [-0.4, -0.2) is 20.1 Å². The van der Waals surface area contributed by atoms with E-state index in [1.54, 1.807) is 38.4 Å². The van der Waals surface area contributed by atoms with Gasteiger partial charge in [0.05, 0.1) is 18.4 Å². The van der Waals surface area contributed by atoms with Gasteiger partial charge in [-0.2, -0.15) is 0 Å². The number of methoxy groups -OCH3 is 1. The van der Waals surface area contributed by atoms with Gasteiger partial charge in [-0.05, 0) is 24.3 Å². The van der Waals surface area contributed by atoms with Gasteiger partial charge in [0.2, 0.25) is 0 Å². The lowest BCUT2D eigenvalue weighted by Crippen LogP contribution is -2.27. The molecule has 2 N–H and O–H groups in total. The summed E-state index contributed by atoms with van der Waals surface area (Å²) in [5.74, 6) is 0.482. The fraction of sp³-hybridized carbons (Fsp3) is 0.133. The molecule has 0 aliphatic carbocycles. The molecule has 19 heavy (non-hydrogen) atoms.